The Balaban J connectivity index is 1.88. The maximum atomic E-state index is 6.05. The zero-order valence-corrected chi connectivity index (χ0v) is 12.2. The second-order valence-corrected chi connectivity index (χ2v) is 5.46. The summed E-state index contributed by atoms with van der Waals surface area (Å²) in [6, 6.07) is 13.4. The molecule has 0 saturated carbocycles. The topological polar surface area (TPSA) is 67.3 Å². The standard InChI is InChI=1S/C14H8ClN5S/c15-10-3-1-2-8(6-10)13-14(17-20-16-13)9-4-5-11-12(7-9)19-21-18-11/h1-7H,(H,16,17,20). The molecule has 1 N–H and O–H groups in total. The average molecular weight is 314 g/mol. The van der Waals surface area contributed by atoms with Gasteiger partial charge in [0.25, 0.3) is 0 Å². The van der Waals surface area contributed by atoms with Gasteiger partial charge in [0.15, 0.2) is 0 Å². The first-order valence-corrected chi connectivity index (χ1v) is 7.31. The van der Waals surface area contributed by atoms with E-state index in [1.165, 1.54) is 11.7 Å². The van der Waals surface area contributed by atoms with E-state index in [4.69, 9.17) is 11.6 Å². The summed E-state index contributed by atoms with van der Waals surface area (Å²) in [5.74, 6) is 0. The van der Waals surface area contributed by atoms with Crippen molar-refractivity contribution in [1.29, 1.82) is 0 Å². The summed E-state index contributed by atoms with van der Waals surface area (Å²) in [6.07, 6.45) is 0. The molecule has 0 aliphatic carbocycles. The third-order valence-electron chi connectivity index (χ3n) is 3.17. The van der Waals surface area contributed by atoms with Gasteiger partial charge in [-0.25, -0.2) is 0 Å². The summed E-state index contributed by atoms with van der Waals surface area (Å²) in [5.41, 5.74) is 5.14. The van der Waals surface area contributed by atoms with Gasteiger partial charge in [-0.1, -0.05) is 29.8 Å². The minimum absolute atomic E-state index is 0.667. The van der Waals surface area contributed by atoms with Gasteiger partial charge in [-0.3, -0.25) is 0 Å². The van der Waals surface area contributed by atoms with Gasteiger partial charge in [0.05, 0.1) is 11.7 Å². The lowest BCUT2D eigenvalue weighted by atomic mass is 10.0. The highest BCUT2D eigenvalue weighted by Crippen LogP contribution is 2.30. The normalized spacial score (nSPS) is 11.1. The van der Waals surface area contributed by atoms with Crippen molar-refractivity contribution in [2.45, 2.75) is 0 Å². The molecule has 4 aromatic rings. The van der Waals surface area contributed by atoms with E-state index in [1.54, 1.807) is 0 Å². The van der Waals surface area contributed by atoms with Crippen LogP contribution in [-0.2, 0) is 0 Å². The number of nitrogens with zero attached hydrogens (tertiary/aromatic N) is 4. The number of hydrogen-bond donors (Lipinski definition) is 1. The fourth-order valence-corrected chi connectivity index (χ4v) is 2.91. The van der Waals surface area contributed by atoms with E-state index in [-0.39, 0.29) is 0 Å². The number of nitrogens with one attached hydrogen (secondary N) is 1. The maximum Gasteiger partial charge on any atom is 0.120 e. The van der Waals surface area contributed by atoms with Crippen LogP contribution in [-0.4, -0.2) is 24.2 Å². The van der Waals surface area contributed by atoms with Crippen LogP contribution in [0.3, 0.4) is 0 Å². The van der Waals surface area contributed by atoms with Crippen LogP contribution in [0.2, 0.25) is 5.02 Å². The van der Waals surface area contributed by atoms with Crippen LogP contribution in [0, 0.1) is 0 Å². The first-order chi connectivity index (χ1) is 10.3. The van der Waals surface area contributed by atoms with Crippen molar-refractivity contribution in [2.75, 3.05) is 0 Å². The lowest BCUT2D eigenvalue weighted by molar-refractivity contribution is 0.944. The number of H-pyrrole nitrogens is 1. The minimum atomic E-state index is 0.667. The third-order valence-corrected chi connectivity index (χ3v) is 3.96. The van der Waals surface area contributed by atoms with Gasteiger partial charge in [0, 0.05) is 16.1 Å². The first kappa shape index (κ1) is 12.4. The van der Waals surface area contributed by atoms with Crippen molar-refractivity contribution in [3.8, 4) is 22.5 Å². The highest BCUT2D eigenvalue weighted by atomic mass is 35.5. The summed E-state index contributed by atoms with van der Waals surface area (Å²) in [4.78, 5) is 0. The molecular weight excluding hydrogens is 306 g/mol. The van der Waals surface area contributed by atoms with Crippen molar-refractivity contribution in [3.63, 3.8) is 0 Å². The number of rotatable bonds is 2. The van der Waals surface area contributed by atoms with Gasteiger partial charge >= 0.3 is 0 Å². The van der Waals surface area contributed by atoms with Gasteiger partial charge in [0.1, 0.15) is 22.4 Å². The van der Waals surface area contributed by atoms with Crippen molar-refractivity contribution < 1.29 is 0 Å². The van der Waals surface area contributed by atoms with E-state index in [0.29, 0.717) is 5.02 Å². The van der Waals surface area contributed by atoms with Crippen LogP contribution in [0.15, 0.2) is 42.5 Å². The van der Waals surface area contributed by atoms with Crippen LogP contribution in [0.4, 0.5) is 0 Å². The molecular formula is C14H8ClN5S. The number of fused-ring (bicyclic) bond motifs is 1. The van der Waals surface area contributed by atoms with E-state index >= 15 is 0 Å². The molecule has 0 amide bonds. The second-order valence-electron chi connectivity index (χ2n) is 4.50. The molecule has 0 aliphatic rings. The SMILES string of the molecule is Clc1cccc(-c2n[nH]nc2-c2ccc3nsnc3c2)c1. The fraction of sp³-hybridized carbons (Fsp3) is 0. The summed E-state index contributed by atoms with van der Waals surface area (Å²) in [5, 5.41) is 11.9. The van der Waals surface area contributed by atoms with Crippen molar-refractivity contribution in [1.82, 2.24) is 24.2 Å². The summed E-state index contributed by atoms with van der Waals surface area (Å²) >= 11 is 7.25. The Hall–Kier alpha value is -2.31. The van der Waals surface area contributed by atoms with Crippen LogP contribution in [0.5, 0.6) is 0 Å². The number of benzene rings is 2. The Bertz CT molecular complexity index is 930. The van der Waals surface area contributed by atoms with Gasteiger partial charge < -0.3 is 0 Å². The molecule has 5 nitrogen and oxygen atoms in total. The number of aromatic amines is 1. The molecule has 0 spiro atoms. The molecule has 2 aromatic carbocycles. The predicted molar refractivity (Wildman–Crippen MR) is 83.2 cm³/mol. The molecule has 2 aromatic heterocycles. The fourth-order valence-electron chi connectivity index (χ4n) is 2.20. The highest BCUT2D eigenvalue weighted by Gasteiger charge is 2.13. The number of hydrogen-bond acceptors (Lipinski definition) is 5. The predicted octanol–water partition coefficient (Wildman–Crippen LogP) is 3.80. The Morgan fingerprint density at radius 1 is 0.857 bits per heavy atom. The highest BCUT2D eigenvalue weighted by molar-refractivity contribution is 7.00. The smallest absolute Gasteiger partial charge is 0.120 e. The summed E-state index contributed by atoms with van der Waals surface area (Å²) in [6.45, 7) is 0. The third kappa shape index (κ3) is 2.18. The Morgan fingerprint density at radius 2 is 1.62 bits per heavy atom. The minimum Gasteiger partial charge on any atom is -0.197 e. The van der Waals surface area contributed by atoms with Crippen molar-refractivity contribution in [2.24, 2.45) is 0 Å². The second kappa shape index (κ2) is 4.91. The molecule has 4 rings (SSSR count). The zero-order valence-electron chi connectivity index (χ0n) is 10.6. The molecule has 0 unspecified atom stereocenters. The average Bonchev–Trinajstić information content (AvgIpc) is 3.15. The van der Waals surface area contributed by atoms with Gasteiger partial charge in [-0.15, -0.1) is 0 Å². The Morgan fingerprint density at radius 3 is 2.43 bits per heavy atom. The van der Waals surface area contributed by atoms with E-state index < -0.39 is 0 Å². The largest absolute Gasteiger partial charge is 0.197 e. The Kier molecular flexibility index (Phi) is 2.90. The zero-order chi connectivity index (χ0) is 14.2. The van der Waals surface area contributed by atoms with Crippen LogP contribution in [0.25, 0.3) is 33.5 Å². The molecule has 102 valence electrons. The molecule has 0 fully saturated rings. The lowest BCUT2D eigenvalue weighted by Crippen LogP contribution is -1.84. The van der Waals surface area contributed by atoms with E-state index in [2.05, 4.69) is 24.2 Å². The molecule has 2 heterocycles. The van der Waals surface area contributed by atoms with E-state index in [0.717, 1.165) is 33.5 Å². The first-order valence-electron chi connectivity index (χ1n) is 6.21. The van der Waals surface area contributed by atoms with E-state index in [9.17, 15) is 0 Å². The molecule has 0 saturated heterocycles. The molecule has 7 heteroatoms. The van der Waals surface area contributed by atoms with Crippen molar-refractivity contribution >= 4 is 34.4 Å². The van der Waals surface area contributed by atoms with Gasteiger partial charge in [-0.05, 0) is 24.3 Å². The van der Waals surface area contributed by atoms with Crippen LogP contribution >= 0.6 is 23.3 Å². The van der Waals surface area contributed by atoms with Gasteiger partial charge in [-0.2, -0.15) is 24.2 Å². The molecule has 0 atom stereocenters. The van der Waals surface area contributed by atoms with Crippen molar-refractivity contribution in [3.05, 3.63) is 47.5 Å². The summed E-state index contributed by atoms with van der Waals surface area (Å²) in [7, 11) is 0. The molecule has 0 bridgehead atoms. The molecule has 0 aliphatic heterocycles. The number of aromatic nitrogens is 5. The molecule has 0 radical (unpaired) electrons. The molecule has 21 heavy (non-hydrogen) atoms. The van der Waals surface area contributed by atoms with Crippen LogP contribution < -0.4 is 0 Å². The number of halogens is 1. The quantitative estimate of drug-likeness (QED) is 0.611. The monoisotopic (exact) mass is 313 g/mol. The maximum absolute atomic E-state index is 6.05. The van der Waals surface area contributed by atoms with Gasteiger partial charge in [0.2, 0.25) is 0 Å². The summed E-state index contributed by atoms with van der Waals surface area (Å²) < 4.78 is 8.46. The Labute approximate surface area is 128 Å². The van der Waals surface area contributed by atoms with E-state index in [1.807, 2.05) is 42.5 Å². The van der Waals surface area contributed by atoms with Crippen LogP contribution in [0.1, 0.15) is 0 Å². The lowest BCUT2D eigenvalue weighted by Gasteiger charge is -2.02.